The largest absolute Gasteiger partial charge is 0.480 e. The van der Waals surface area contributed by atoms with E-state index in [0.29, 0.717) is 13.0 Å². The third-order valence-electron chi connectivity index (χ3n) is 3.74. The molecule has 1 amide bonds. The zero-order valence-corrected chi connectivity index (χ0v) is 10.8. The first-order valence-electron chi connectivity index (χ1n) is 6.09. The van der Waals surface area contributed by atoms with Crippen molar-refractivity contribution >= 4 is 11.9 Å². The summed E-state index contributed by atoms with van der Waals surface area (Å²) in [4.78, 5) is 25.1. The second-order valence-electron chi connectivity index (χ2n) is 5.26. The smallest absolute Gasteiger partial charge is 0.329 e. The average Bonchev–Trinajstić information content (AvgIpc) is 2.62. The zero-order valence-electron chi connectivity index (χ0n) is 10.8. The van der Waals surface area contributed by atoms with E-state index in [-0.39, 0.29) is 24.3 Å². The molecule has 1 heterocycles. The number of carboxylic acids is 1. The van der Waals surface area contributed by atoms with Crippen molar-refractivity contribution < 1.29 is 14.7 Å². The van der Waals surface area contributed by atoms with Crippen molar-refractivity contribution in [1.29, 1.82) is 0 Å². The number of nitrogens with two attached hydrogens (primary N) is 1. The number of carbonyl (C=O) groups excluding carboxylic acids is 1. The van der Waals surface area contributed by atoms with Gasteiger partial charge in [0.2, 0.25) is 5.91 Å². The fourth-order valence-electron chi connectivity index (χ4n) is 2.40. The zero-order chi connectivity index (χ0) is 13.2. The second-order valence-corrected chi connectivity index (χ2v) is 5.26. The third kappa shape index (κ3) is 2.44. The molecule has 3 N–H and O–H groups in total. The monoisotopic (exact) mass is 242 g/mol. The number of amides is 1. The molecule has 2 unspecified atom stereocenters. The maximum atomic E-state index is 12.3. The Bertz CT molecular complexity index is 317. The van der Waals surface area contributed by atoms with Crippen LogP contribution in [0, 0.1) is 11.8 Å². The Kier molecular flexibility index (Phi) is 4.14. The minimum absolute atomic E-state index is 0.120. The van der Waals surface area contributed by atoms with E-state index in [1.807, 2.05) is 13.8 Å². The van der Waals surface area contributed by atoms with E-state index in [2.05, 4.69) is 0 Å². The van der Waals surface area contributed by atoms with Gasteiger partial charge in [-0.15, -0.1) is 0 Å². The van der Waals surface area contributed by atoms with Crippen LogP contribution in [0.2, 0.25) is 0 Å². The van der Waals surface area contributed by atoms with Crippen LogP contribution in [0.3, 0.4) is 0 Å². The van der Waals surface area contributed by atoms with E-state index >= 15 is 0 Å². The second kappa shape index (κ2) is 5.04. The van der Waals surface area contributed by atoms with E-state index < -0.39 is 11.5 Å². The van der Waals surface area contributed by atoms with Gasteiger partial charge in [-0.2, -0.15) is 0 Å². The lowest BCUT2D eigenvalue weighted by molar-refractivity contribution is -0.157. The Hall–Kier alpha value is -1.10. The Balaban J connectivity index is 2.92. The van der Waals surface area contributed by atoms with Crippen LogP contribution >= 0.6 is 0 Å². The van der Waals surface area contributed by atoms with Gasteiger partial charge in [0, 0.05) is 13.1 Å². The first-order chi connectivity index (χ1) is 7.84. The van der Waals surface area contributed by atoms with Gasteiger partial charge in [0.1, 0.15) is 5.54 Å². The molecule has 0 aliphatic carbocycles. The number of hydrogen-bond donors (Lipinski definition) is 2. The average molecular weight is 242 g/mol. The van der Waals surface area contributed by atoms with Gasteiger partial charge in [-0.25, -0.2) is 4.79 Å². The summed E-state index contributed by atoms with van der Waals surface area (Å²) in [5.74, 6) is -1.20. The minimum Gasteiger partial charge on any atom is -0.480 e. The lowest BCUT2D eigenvalue weighted by Crippen LogP contribution is -2.54. The standard InChI is InChI=1S/C12H22N2O3/c1-8(2)9(7-13)10(15)14-6-4-5-12(14,3)11(16)17/h8-9H,4-7,13H2,1-3H3,(H,16,17). The summed E-state index contributed by atoms with van der Waals surface area (Å²) in [5, 5.41) is 9.26. The van der Waals surface area contributed by atoms with Crippen molar-refractivity contribution in [3.63, 3.8) is 0 Å². The molecule has 2 atom stereocenters. The van der Waals surface area contributed by atoms with Crippen LogP contribution in [0.25, 0.3) is 0 Å². The lowest BCUT2D eigenvalue weighted by atomic mass is 9.92. The molecule has 5 nitrogen and oxygen atoms in total. The predicted molar refractivity (Wildman–Crippen MR) is 64.4 cm³/mol. The summed E-state index contributed by atoms with van der Waals surface area (Å²) in [6, 6.07) is 0. The van der Waals surface area contributed by atoms with Crippen molar-refractivity contribution in [3.05, 3.63) is 0 Å². The number of carbonyl (C=O) groups is 2. The Morgan fingerprint density at radius 2 is 2.06 bits per heavy atom. The fraction of sp³-hybridized carbons (Fsp3) is 0.833. The van der Waals surface area contributed by atoms with E-state index in [1.54, 1.807) is 6.92 Å². The third-order valence-corrected chi connectivity index (χ3v) is 3.74. The summed E-state index contributed by atoms with van der Waals surface area (Å²) in [6.07, 6.45) is 1.26. The normalized spacial score (nSPS) is 26.3. The van der Waals surface area contributed by atoms with Crippen LogP contribution in [-0.4, -0.2) is 40.5 Å². The molecular formula is C12H22N2O3. The highest BCUT2D eigenvalue weighted by Crippen LogP contribution is 2.31. The van der Waals surface area contributed by atoms with Crippen LogP contribution in [0.4, 0.5) is 0 Å². The summed E-state index contributed by atoms with van der Waals surface area (Å²) < 4.78 is 0. The van der Waals surface area contributed by atoms with Gasteiger partial charge in [0.05, 0.1) is 5.92 Å². The highest BCUT2D eigenvalue weighted by atomic mass is 16.4. The molecular weight excluding hydrogens is 220 g/mol. The van der Waals surface area contributed by atoms with Gasteiger partial charge in [-0.1, -0.05) is 13.8 Å². The first-order valence-corrected chi connectivity index (χ1v) is 6.09. The van der Waals surface area contributed by atoms with Crippen molar-refractivity contribution in [2.45, 2.75) is 39.2 Å². The number of carboxylic acid groups (broad SMARTS) is 1. The Morgan fingerprint density at radius 3 is 2.47 bits per heavy atom. The van der Waals surface area contributed by atoms with Crippen LogP contribution in [-0.2, 0) is 9.59 Å². The molecule has 0 saturated carbocycles. The SMILES string of the molecule is CC(C)C(CN)C(=O)N1CCCC1(C)C(=O)O. The molecule has 0 spiro atoms. The van der Waals surface area contributed by atoms with Crippen LogP contribution in [0.5, 0.6) is 0 Å². The minimum atomic E-state index is -1.06. The van der Waals surface area contributed by atoms with Crippen LogP contribution < -0.4 is 5.73 Å². The molecule has 0 aromatic heterocycles. The molecule has 1 fully saturated rings. The van der Waals surface area contributed by atoms with E-state index in [9.17, 15) is 14.7 Å². The molecule has 0 aromatic rings. The van der Waals surface area contributed by atoms with Gasteiger partial charge in [-0.05, 0) is 25.7 Å². The molecule has 1 aliphatic heterocycles. The molecule has 1 saturated heterocycles. The summed E-state index contributed by atoms with van der Waals surface area (Å²) in [7, 11) is 0. The van der Waals surface area contributed by atoms with Gasteiger partial charge in [0.15, 0.2) is 0 Å². The maximum absolute atomic E-state index is 12.3. The fourth-order valence-corrected chi connectivity index (χ4v) is 2.40. The van der Waals surface area contributed by atoms with E-state index in [0.717, 1.165) is 6.42 Å². The Labute approximate surface area is 102 Å². The van der Waals surface area contributed by atoms with Crippen LogP contribution in [0.1, 0.15) is 33.6 Å². The molecule has 0 bridgehead atoms. The molecule has 1 aliphatic rings. The number of rotatable bonds is 4. The highest BCUT2D eigenvalue weighted by molar-refractivity contribution is 5.88. The number of hydrogen-bond acceptors (Lipinski definition) is 3. The summed E-state index contributed by atoms with van der Waals surface area (Å²) in [6.45, 7) is 6.27. The van der Waals surface area contributed by atoms with Crippen molar-refractivity contribution in [3.8, 4) is 0 Å². The number of aliphatic carboxylic acids is 1. The molecule has 5 heteroatoms. The van der Waals surface area contributed by atoms with E-state index in [1.165, 1.54) is 4.90 Å². The topological polar surface area (TPSA) is 83.6 Å². The number of nitrogens with zero attached hydrogens (tertiary/aromatic N) is 1. The molecule has 98 valence electrons. The van der Waals surface area contributed by atoms with Gasteiger partial charge in [-0.3, -0.25) is 4.79 Å². The first kappa shape index (κ1) is 14.0. The molecule has 0 aromatic carbocycles. The predicted octanol–water partition coefficient (Wildman–Crippen LogP) is 0.683. The summed E-state index contributed by atoms with van der Waals surface area (Å²) >= 11 is 0. The molecule has 0 radical (unpaired) electrons. The quantitative estimate of drug-likeness (QED) is 0.759. The van der Waals surface area contributed by atoms with Gasteiger partial charge < -0.3 is 15.7 Å². The van der Waals surface area contributed by atoms with Gasteiger partial charge in [0.25, 0.3) is 0 Å². The van der Waals surface area contributed by atoms with Crippen molar-refractivity contribution in [1.82, 2.24) is 4.90 Å². The Morgan fingerprint density at radius 1 is 1.47 bits per heavy atom. The number of likely N-dealkylation sites (tertiary alicyclic amines) is 1. The van der Waals surface area contributed by atoms with Gasteiger partial charge >= 0.3 is 5.97 Å². The van der Waals surface area contributed by atoms with Crippen LogP contribution in [0.15, 0.2) is 0 Å². The highest BCUT2D eigenvalue weighted by Gasteiger charge is 2.47. The molecule has 17 heavy (non-hydrogen) atoms. The van der Waals surface area contributed by atoms with Crippen molar-refractivity contribution in [2.24, 2.45) is 17.6 Å². The maximum Gasteiger partial charge on any atom is 0.329 e. The van der Waals surface area contributed by atoms with E-state index in [4.69, 9.17) is 5.73 Å². The van der Waals surface area contributed by atoms with Crippen molar-refractivity contribution in [2.75, 3.05) is 13.1 Å². The lowest BCUT2D eigenvalue weighted by Gasteiger charge is -2.34. The summed E-state index contributed by atoms with van der Waals surface area (Å²) in [5.41, 5.74) is 4.56. The molecule has 1 rings (SSSR count).